The predicted molar refractivity (Wildman–Crippen MR) is 72.0 cm³/mol. The molecule has 10 heteroatoms. The number of rotatable bonds is 2. The van der Waals surface area contributed by atoms with Crippen LogP contribution in [0.1, 0.15) is 34.8 Å². The summed E-state index contributed by atoms with van der Waals surface area (Å²) in [6.07, 6.45) is -4.14. The van der Waals surface area contributed by atoms with Gasteiger partial charge in [0.25, 0.3) is 0 Å². The first-order valence-corrected chi connectivity index (χ1v) is 6.34. The average Bonchev–Trinajstić information content (AvgIpc) is 2.43. The molecular weight excluding hydrogens is 404 g/mol. The van der Waals surface area contributed by atoms with Crippen molar-refractivity contribution in [1.29, 1.82) is 0 Å². The number of hydrogen-bond acceptors (Lipinski definition) is 2. The summed E-state index contributed by atoms with van der Waals surface area (Å²) in [6.45, 7) is 1.67. The van der Waals surface area contributed by atoms with Gasteiger partial charge in [0, 0.05) is 25.1 Å². The Bertz CT molecular complexity index is 571. The van der Waals surface area contributed by atoms with Crippen LogP contribution in [0.5, 0.6) is 0 Å². The number of hydrogen-bond donors (Lipinski definition) is 0. The summed E-state index contributed by atoms with van der Waals surface area (Å²) >= 11 is 0. The van der Waals surface area contributed by atoms with Gasteiger partial charge in [0.05, 0.1) is 0 Å². The van der Waals surface area contributed by atoms with Crippen molar-refractivity contribution < 1.29 is 60.0 Å². The number of halogens is 6. The summed E-state index contributed by atoms with van der Waals surface area (Å²) in [5.41, 5.74) is 1.99. The van der Waals surface area contributed by atoms with Gasteiger partial charge < -0.3 is 42.1 Å². The summed E-state index contributed by atoms with van der Waals surface area (Å²) in [4.78, 5) is 23.6. The first-order chi connectivity index (χ1) is 9.32. The number of carbonyl (C=O) groups excluding carboxylic acids is 2. The summed E-state index contributed by atoms with van der Waals surface area (Å²) in [7, 11) is 0. The second-order valence-corrected chi connectivity index (χ2v) is 4.73. The molecule has 0 saturated heterocycles. The van der Waals surface area contributed by atoms with Crippen molar-refractivity contribution in [3.05, 3.63) is 34.9 Å². The molecule has 1 aromatic rings. The number of Topliss-reactive ketones (excluding diaryl/α,β-unsaturated/α-hetero) is 1. The maximum absolute atomic E-state index is 12.4. The fraction of sp³-hybridized carbons (Fsp3) is 0.429. The Morgan fingerprint density at radius 1 is 1.12 bits per heavy atom. The van der Waals surface area contributed by atoms with Crippen molar-refractivity contribution in [3.63, 3.8) is 0 Å². The molecule has 2 rings (SSSR count). The molecule has 0 spiro atoms. The van der Waals surface area contributed by atoms with Crippen LogP contribution < -0.4 is 37.2 Å². The normalized spacial score (nSPS) is 12.4. The molecule has 0 fully saturated rings. The van der Waals surface area contributed by atoms with Crippen molar-refractivity contribution in [1.82, 2.24) is 4.90 Å². The van der Waals surface area contributed by atoms with E-state index in [9.17, 15) is 22.8 Å². The molecule has 1 aliphatic rings. The maximum atomic E-state index is 12.4. The standard InChI is InChI=1S/C14H14F3NO2.Al.3ClH/c1-2-12(19)10-4-3-9-5-6-18(8-11(9)7-10)13(20)14(15,16)17;;;;/h3-4,7H,2,5-6,8H2,1H3;;3*1H/q;+3;;;/p-3. The number of ketones is 1. The third-order valence-corrected chi connectivity index (χ3v) is 3.39. The van der Waals surface area contributed by atoms with Crippen LogP contribution in [0, 0.1) is 0 Å². The molecule has 0 bridgehead atoms. The van der Waals surface area contributed by atoms with Crippen molar-refractivity contribution in [3.8, 4) is 0 Å². The largest absolute Gasteiger partial charge is 3.00 e. The first-order valence-electron chi connectivity index (χ1n) is 6.34. The average molecular weight is 419 g/mol. The van der Waals surface area contributed by atoms with E-state index in [0.717, 1.165) is 10.5 Å². The third-order valence-electron chi connectivity index (χ3n) is 3.39. The summed E-state index contributed by atoms with van der Waals surface area (Å²) in [5, 5.41) is 0. The van der Waals surface area contributed by atoms with Crippen LogP contribution in [0.25, 0.3) is 0 Å². The molecule has 24 heavy (non-hydrogen) atoms. The number of amides is 1. The van der Waals surface area contributed by atoms with Gasteiger partial charge in [0.15, 0.2) is 5.78 Å². The van der Waals surface area contributed by atoms with Crippen LogP contribution in [0.4, 0.5) is 13.2 Å². The molecule has 1 amide bonds. The Morgan fingerprint density at radius 2 is 1.71 bits per heavy atom. The molecule has 0 radical (unpaired) electrons. The van der Waals surface area contributed by atoms with E-state index in [1.165, 1.54) is 0 Å². The van der Waals surface area contributed by atoms with Gasteiger partial charge in [-0.2, -0.15) is 13.2 Å². The Morgan fingerprint density at radius 3 is 2.21 bits per heavy atom. The van der Waals surface area contributed by atoms with E-state index < -0.39 is 12.1 Å². The topological polar surface area (TPSA) is 37.4 Å². The number of carbonyl (C=O) groups is 2. The van der Waals surface area contributed by atoms with E-state index >= 15 is 0 Å². The van der Waals surface area contributed by atoms with Crippen LogP contribution in [0.15, 0.2) is 18.2 Å². The number of benzene rings is 1. The fourth-order valence-corrected chi connectivity index (χ4v) is 2.29. The zero-order valence-corrected chi connectivity index (χ0v) is 16.1. The SMILES string of the molecule is CCC(=O)c1ccc2c(c1)CN(C(=O)C(F)(F)F)CC2.[Al+3].[Cl-].[Cl-].[Cl-]. The monoisotopic (exact) mass is 417 g/mol. The Hall–Kier alpha value is -0.448. The van der Waals surface area contributed by atoms with Crippen LogP contribution in [0.3, 0.4) is 0 Å². The second-order valence-electron chi connectivity index (χ2n) is 4.73. The number of fused-ring (bicyclic) bond motifs is 1. The number of alkyl halides is 3. The molecule has 132 valence electrons. The van der Waals surface area contributed by atoms with E-state index in [1.807, 2.05) is 0 Å². The van der Waals surface area contributed by atoms with Gasteiger partial charge in [-0.1, -0.05) is 19.1 Å². The van der Waals surface area contributed by atoms with E-state index in [4.69, 9.17) is 0 Å². The molecule has 1 aromatic carbocycles. The molecule has 0 aliphatic carbocycles. The van der Waals surface area contributed by atoms with Gasteiger partial charge in [-0.05, 0) is 23.6 Å². The second kappa shape index (κ2) is 11.2. The molecule has 0 atom stereocenters. The molecular formula is C14H14AlCl3F3NO2. The van der Waals surface area contributed by atoms with Crippen molar-refractivity contribution >= 4 is 29.1 Å². The third kappa shape index (κ3) is 6.46. The van der Waals surface area contributed by atoms with Crippen molar-refractivity contribution in [2.75, 3.05) is 6.54 Å². The van der Waals surface area contributed by atoms with E-state index in [0.29, 0.717) is 24.0 Å². The summed E-state index contributed by atoms with van der Waals surface area (Å²) in [5.74, 6) is -1.89. The van der Waals surface area contributed by atoms with Crippen LogP contribution in [-0.2, 0) is 17.8 Å². The number of nitrogens with zero attached hydrogens (tertiary/aromatic N) is 1. The van der Waals surface area contributed by atoms with Gasteiger partial charge >= 0.3 is 29.4 Å². The van der Waals surface area contributed by atoms with E-state index in [2.05, 4.69) is 0 Å². The van der Waals surface area contributed by atoms with Crippen LogP contribution in [0.2, 0.25) is 0 Å². The van der Waals surface area contributed by atoms with E-state index in [-0.39, 0.29) is 73.5 Å². The van der Waals surface area contributed by atoms with E-state index in [1.54, 1.807) is 25.1 Å². The zero-order valence-electron chi connectivity index (χ0n) is 12.7. The fourth-order valence-electron chi connectivity index (χ4n) is 2.29. The molecule has 0 aromatic heterocycles. The minimum atomic E-state index is -4.85. The minimum Gasteiger partial charge on any atom is -1.00 e. The molecule has 1 heterocycles. The van der Waals surface area contributed by atoms with Crippen LogP contribution >= 0.6 is 0 Å². The van der Waals surface area contributed by atoms with Crippen molar-refractivity contribution in [2.24, 2.45) is 0 Å². The van der Waals surface area contributed by atoms with Crippen molar-refractivity contribution in [2.45, 2.75) is 32.5 Å². The zero-order chi connectivity index (χ0) is 14.9. The summed E-state index contributed by atoms with van der Waals surface area (Å²) < 4.78 is 37.3. The van der Waals surface area contributed by atoms with Crippen LogP contribution in [-0.4, -0.2) is 46.7 Å². The van der Waals surface area contributed by atoms with Gasteiger partial charge in [0.2, 0.25) is 0 Å². The Labute approximate surface area is 167 Å². The first kappa shape index (κ1) is 28.4. The predicted octanol–water partition coefficient (Wildman–Crippen LogP) is -6.64. The molecule has 1 aliphatic heterocycles. The molecule has 0 N–H and O–H groups in total. The van der Waals surface area contributed by atoms with Gasteiger partial charge in [0.1, 0.15) is 0 Å². The molecule has 3 nitrogen and oxygen atoms in total. The summed E-state index contributed by atoms with van der Waals surface area (Å²) in [6, 6.07) is 5.04. The quantitative estimate of drug-likeness (QED) is 0.354. The minimum absolute atomic E-state index is 0. The maximum Gasteiger partial charge on any atom is 3.00 e. The molecule has 0 unspecified atom stereocenters. The molecule has 0 saturated carbocycles. The van der Waals surface area contributed by atoms with Gasteiger partial charge in [-0.25, -0.2) is 0 Å². The Kier molecular flexibility index (Phi) is 13.3. The van der Waals surface area contributed by atoms with Gasteiger partial charge in [-0.3, -0.25) is 9.59 Å². The smallest absolute Gasteiger partial charge is 1.00 e. The Balaban J connectivity index is -0.00000110. The van der Waals surface area contributed by atoms with Gasteiger partial charge in [-0.15, -0.1) is 0 Å².